The molecule has 6 heteroatoms. The molecule has 1 saturated carbocycles. The highest BCUT2D eigenvalue weighted by Gasteiger charge is 2.46. The van der Waals surface area contributed by atoms with Crippen LogP contribution in [-0.2, 0) is 9.53 Å². The number of nitrogens with one attached hydrogen (secondary N) is 1. The van der Waals surface area contributed by atoms with E-state index in [4.69, 9.17) is 4.74 Å². The van der Waals surface area contributed by atoms with Crippen LogP contribution in [0.15, 0.2) is 18.2 Å². The van der Waals surface area contributed by atoms with Gasteiger partial charge in [0.1, 0.15) is 5.82 Å². The zero-order valence-electron chi connectivity index (χ0n) is 16.1. The van der Waals surface area contributed by atoms with Crippen LogP contribution in [0.25, 0.3) is 11.0 Å². The van der Waals surface area contributed by atoms with Crippen LogP contribution in [0.4, 0.5) is 0 Å². The van der Waals surface area contributed by atoms with E-state index in [9.17, 15) is 9.59 Å². The third kappa shape index (κ3) is 3.57. The lowest BCUT2D eigenvalue weighted by molar-refractivity contribution is -0.159. The van der Waals surface area contributed by atoms with Gasteiger partial charge in [-0.15, -0.1) is 0 Å². The molecule has 2 heterocycles. The normalized spacial score (nSPS) is 19.3. The second kappa shape index (κ2) is 6.98. The third-order valence-electron chi connectivity index (χ3n) is 5.94. The lowest BCUT2D eigenvalue weighted by Crippen LogP contribution is -2.47. The zero-order valence-corrected chi connectivity index (χ0v) is 16.1. The summed E-state index contributed by atoms with van der Waals surface area (Å²) in [5.74, 6) is 1.45. The van der Waals surface area contributed by atoms with E-state index in [0.717, 1.165) is 23.3 Å². The molecule has 144 valence electrons. The molecule has 1 N–H and O–H groups in total. The molecule has 1 aliphatic heterocycles. The van der Waals surface area contributed by atoms with Gasteiger partial charge in [0.2, 0.25) is 0 Å². The molecule has 1 amide bonds. The minimum absolute atomic E-state index is 0.0213. The van der Waals surface area contributed by atoms with E-state index in [1.807, 2.05) is 36.9 Å². The maximum absolute atomic E-state index is 13.0. The SMILES string of the molecule is CCOC(=O)C1(CC2CC2)CCN(C(=O)c2ccc3nc(C)[nH]c3c2)CC1. The summed E-state index contributed by atoms with van der Waals surface area (Å²) in [5, 5.41) is 0. The molecular weight excluding hydrogens is 342 g/mol. The summed E-state index contributed by atoms with van der Waals surface area (Å²) in [6.07, 6.45) is 4.73. The van der Waals surface area contributed by atoms with Crippen molar-refractivity contribution in [3.05, 3.63) is 29.6 Å². The van der Waals surface area contributed by atoms with E-state index in [2.05, 4.69) is 9.97 Å². The summed E-state index contributed by atoms with van der Waals surface area (Å²) in [5.41, 5.74) is 2.01. The molecule has 27 heavy (non-hydrogen) atoms. The Bertz CT molecular complexity index is 861. The van der Waals surface area contributed by atoms with Crippen molar-refractivity contribution in [2.24, 2.45) is 11.3 Å². The molecule has 2 fully saturated rings. The smallest absolute Gasteiger partial charge is 0.312 e. The van der Waals surface area contributed by atoms with Gasteiger partial charge in [-0.25, -0.2) is 4.98 Å². The number of fused-ring (bicyclic) bond motifs is 1. The number of aryl methyl sites for hydroxylation is 1. The van der Waals surface area contributed by atoms with Gasteiger partial charge in [-0.05, 0) is 57.2 Å². The largest absolute Gasteiger partial charge is 0.466 e. The van der Waals surface area contributed by atoms with Gasteiger partial charge >= 0.3 is 5.97 Å². The number of imidazole rings is 1. The number of nitrogens with zero attached hydrogens (tertiary/aromatic N) is 2. The fourth-order valence-electron chi connectivity index (χ4n) is 4.24. The maximum Gasteiger partial charge on any atom is 0.312 e. The molecule has 0 unspecified atom stereocenters. The van der Waals surface area contributed by atoms with Crippen LogP contribution in [-0.4, -0.2) is 46.4 Å². The number of benzene rings is 1. The molecule has 1 aromatic heterocycles. The van der Waals surface area contributed by atoms with Crippen molar-refractivity contribution in [2.75, 3.05) is 19.7 Å². The molecule has 0 radical (unpaired) electrons. The van der Waals surface area contributed by atoms with Crippen LogP contribution in [0.3, 0.4) is 0 Å². The second-order valence-electron chi connectivity index (χ2n) is 7.99. The van der Waals surface area contributed by atoms with Gasteiger partial charge in [0.05, 0.1) is 23.1 Å². The molecule has 0 spiro atoms. The molecule has 0 atom stereocenters. The first-order valence-corrected chi connectivity index (χ1v) is 9.93. The van der Waals surface area contributed by atoms with Gasteiger partial charge in [-0.2, -0.15) is 0 Å². The Morgan fingerprint density at radius 2 is 2.04 bits per heavy atom. The predicted octanol–water partition coefficient (Wildman–Crippen LogP) is 3.46. The third-order valence-corrected chi connectivity index (χ3v) is 5.94. The number of ether oxygens (including phenoxy) is 1. The number of likely N-dealkylation sites (tertiary alicyclic amines) is 1. The summed E-state index contributed by atoms with van der Waals surface area (Å²) in [6, 6.07) is 5.59. The molecule has 2 aromatic rings. The molecule has 6 nitrogen and oxygen atoms in total. The van der Waals surface area contributed by atoms with Crippen molar-refractivity contribution < 1.29 is 14.3 Å². The first-order chi connectivity index (χ1) is 13.0. The highest BCUT2D eigenvalue weighted by Crippen LogP contribution is 2.46. The number of carbonyl (C=O) groups excluding carboxylic acids is 2. The Morgan fingerprint density at radius 1 is 1.30 bits per heavy atom. The highest BCUT2D eigenvalue weighted by molar-refractivity contribution is 5.97. The molecule has 0 bridgehead atoms. The number of aromatic nitrogens is 2. The van der Waals surface area contributed by atoms with Crippen LogP contribution < -0.4 is 0 Å². The summed E-state index contributed by atoms with van der Waals surface area (Å²) in [7, 11) is 0. The first-order valence-electron chi connectivity index (χ1n) is 9.93. The first kappa shape index (κ1) is 18.0. The Kier molecular flexibility index (Phi) is 4.66. The molecule has 4 rings (SSSR count). The minimum Gasteiger partial charge on any atom is -0.466 e. The number of H-pyrrole nitrogens is 1. The quantitative estimate of drug-likeness (QED) is 0.819. The predicted molar refractivity (Wildman–Crippen MR) is 102 cm³/mol. The van der Waals surface area contributed by atoms with Gasteiger partial charge < -0.3 is 14.6 Å². The van der Waals surface area contributed by atoms with Gasteiger partial charge in [0.15, 0.2) is 0 Å². The summed E-state index contributed by atoms with van der Waals surface area (Å²) >= 11 is 0. The van der Waals surface area contributed by atoms with Crippen molar-refractivity contribution >= 4 is 22.9 Å². The Balaban J connectivity index is 1.47. The number of carbonyl (C=O) groups is 2. The number of rotatable bonds is 5. The van der Waals surface area contributed by atoms with Crippen LogP contribution in [0, 0.1) is 18.3 Å². The number of hydrogen-bond acceptors (Lipinski definition) is 4. The molecule has 2 aliphatic rings. The van der Waals surface area contributed by atoms with Crippen LogP contribution in [0.2, 0.25) is 0 Å². The van der Waals surface area contributed by atoms with E-state index in [0.29, 0.717) is 44.0 Å². The van der Waals surface area contributed by atoms with E-state index >= 15 is 0 Å². The zero-order chi connectivity index (χ0) is 19.0. The Hall–Kier alpha value is -2.37. The lowest BCUT2D eigenvalue weighted by Gasteiger charge is -2.40. The van der Waals surface area contributed by atoms with Crippen LogP contribution >= 0.6 is 0 Å². The van der Waals surface area contributed by atoms with Crippen molar-refractivity contribution in [2.45, 2.75) is 46.0 Å². The number of aromatic amines is 1. The van der Waals surface area contributed by atoms with Gasteiger partial charge in [0, 0.05) is 18.7 Å². The highest BCUT2D eigenvalue weighted by atomic mass is 16.5. The average molecular weight is 369 g/mol. The van der Waals surface area contributed by atoms with Crippen molar-refractivity contribution in [1.82, 2.24) is 14.9 Å². The summed E-state index contributed by atoms with van der Waals surface area (Å²) < 4.78 is 5.39. The van der Waals surface area contributed by atoms with E-state index in [1.54, 1.807) is 0 Å². The van der Waals surface area contributed by atoms with Crippen molar-refractivity contribution in [3.8, 4) is 0 Å². The second-order valence-corrected chi connectivity index (χ2v) is 7.99. The number of amides is 1. The Morgan fingerprint density at radius 3 is 2.70 bits per heavy atom. The molecule has 1 saturated heterocycles. The van der Waals surface area contributed by atoms with Crippen molar-refractivity contribution in [1.29, 1.82) is 0 Å². The monoisotopic (exact) mass is 369 g/mol. The molecule has 1 aromatic carbocycles. The van der Waals surface area contributed by atoms with Gasteiger partial charge in [-0.3, -0.25) is 9.59 Å². The summed E-state index contributed by atoms with van der Waals surface area (Å²) in [6.45, 7) is 5.38. The molecule has 1 aliphatic carbocycles. The minimum atomic E-state index is -0.404. The van der Waals surface area contributed by atoms with E-state index in [1.165, 1.54) is 12.8 Å². The number of esters is 1. The average Bonchev–Trinajstić information content (AvgIpc) is 3.39. The summed E-state index contributed by atoms with van der Waals surface area (Å²) in [4.78, 5) is 35.0. The topological polar surface area (TPSA) is 75.3 Å². The standard InChI is InChI=1S/C21H27N3O3/c1-3-27-20(26)21(13-15-4-5-15)8-10-24(11-9-21)19(25)16-6-7-17-18(12-16)23-14(2)22-17/h6-7,12,15H,3-5,8-11,13H2,1-2H3,(H,22,23). The van der Waals surface area contributed by atoms with E-state index in [-0.39, 0.29) is 11.9 Å². The number of piperidine rings is 1. The number of hydrogen-bond donors (Lipinski definition) is 1. The Labute approximate surface area is 159 Å². The lowest BCUT2D eigenvalue weighted by atomic mass is 9.74. The fraction of sp³-hybridized carbons (Fsp3) is 0.571. The van der Waals surface area contributed by atoms with E-state index < -0.39 is 5.41 Å². The van der Waals surface area contributed by atoms with Crippen LogP contribution in [0.1, 0.15) is 55.2 Å². The fourth-order valence-corrected chi connectivity index (χ4v) is 4.24. The van der Waals surface area contributed by atoms with Crippen LogP contribution in [0.5, 0.6) is 0 Å². The molecular formula is C21H27N3O3. The van der Waals surface area contributed by atoms with Crippen molar-refractivity contribution in [3.63, 3.8) is 0 Å². The maximum atomic E-state index is 13.0. The van der Waals surface area contributed by atoms with Gasteiger partial charge in [0.25, 0.3) is 5.91 Å². The van der Waals surface area contributed by atoms with Gasteiger partial charge in [-0.1, -0.05) is 12.8 Å².